The van der Waals surface area contributed by atoms with Gasteiger partial charge in [-0.3, -0.25) is 14.9 Å². The fraction of sp³-hybridized carbons (Fsp3) is 0.206. The van der Waals surface area contributed by atoms with Crippen molar-refractivity contribution in [1.29, 1.82) is 0 Å². The van der Waals surface area contributed by atoms with Crippen molar-refractivity contribution >= 4 is 35.0 Å². The lowest BCUT2D eigenvalue weighted by atomic mass is 9.89. The molecule has 8 nitrogen and oxygen atoms in total. The van der Waals surface area contributed by atoms with Gasteiger partial charge in [0.2, 0.25) is 5.91 Å². The Kier molecular flexibility index (Phi) is 8.52. The van der Waals surface area contributed by atoms with E-state index in [0.717, 1.165) is 16.8 Å². The number of rotatable bonds is 7. The minimum atomic E-state index is -0.563. The van der Waals surface area contributed by atoms with Crippen LogP contribution in [0.3, 0.4) is 0 Å². The lowest BCUT2D eigenvalue weighted by Gasteiger charge is -2.43. The molecule has 1 aliphatic heterocycles. The van der Waals surface area contributed by atoms with Gasteiger partial charge < -0.3 is 19.3 Å². The molecule has 42 heavy (non-hydrogen) atoms. The molecular formula is C34H33N3O5. The monoisotopic (exact) mass is 563 g/mol. The van der Waals surface area contributed by atoms with Crippen LogP contribution in [0.1, 0.15) is 47.8 Å². The van der Waals surface area contributed by atoms with Gasteiger partial charge in [-0.25, -0.2) is 4.79 Å². The Bertz CT molecular complexity index is 1550. The number of ether oxygens (including phenoxy) is 2. The molecule has 4 aromatic carbocycles. The van der Waals surface area contributed by atoms with Gasteiger partial charge in [0.05, 0.1) is 13.2 Å². The average Bonchev–Trinajstić information content (AvgIpc) is 3.01. The normalized spacial score (nSPS) is 15.7. The maximum Gasteiger partial charge on any atom is 0.411 e. The largest absolute Gasteiger partial charge is 0.497 e. The highest BCUT2D eigenvalue weighted by atomic mass is 16.5. The van der Waals surface area contributed by atoms with Gasteiger partial charge in [0.25, 0.3) is 5.91 Å². The molecule has 0 spiro atoms. The van der Waals surface area contributed by atoms with Crippen LogP contribution in [0.4, 0.5) is 21.9 Å². The molecule has 0 radical (unpaired) electrons. The number of hydrogen-bond acceptors (Lipinski definition) is 5. The number of anilines is 3. The average molecular weight is 564 g/mol. The van der Waals surface area contributed by atoms with Crippen LogP contribution in [0.25, 0.3) is 0 Å². The van der Waals surface area contributed by atoms with Crippen molar-refractivity contribution in [2.45, 2.75) is 39.0 Å². The number of hydrogen-bond donors (Lipinski definition) is 1. The van der Waals surface area contributed by atoms with E-state index in [1.165, 1.54) is 6.92 Å². The summed E-state index contributed by atoms with van der Waals surface area (Å²) < 4.78 is 10.6. The number of benzene rings is 4. The van der Waals surface area contributed by atoms with Crippen LogP contribution in [-0.4, -0.2) is 31.1 Å². The van der Waals surface area contributed by atoms with Crippen LogP contribution in [0.5, 0.6) is 5.75 Å². The Morgan fingerprint density at radius 1 is 0.881 bits per heavy atom. The number of nitrogens with zero attached hydrogens (tertiary/aromatic N) is 2. The number of amides is 3. The Labute approximate surface area is 245 Å². The first-order valence-corrected chi connectivity index (χ1v) is 13.8. The van der Waals surface area contributed by atoms with Gasteiger partial charge in [-0.15, -0.1) is 0 Å². The quantitative estimate of drug-likeness (QED) is 0.262. The molecule has 0 bridgehead atoms. The van der Waals surface area contributed by atoms with E-state index >= 15 is 0 Å². The third-order valence-corrected chi connectivity index (χ3v) is 7.37. The zero-order chi connectivity index (χ0) is 29.6. The highest BCUT2D eigenvalue weighted by Gasteiger charge is 2.38. The summed E-state index contributed by atoms with van der Waals surface area (Å²) in [4.78, 5) is 42.6. The van der Waals surface area contributed by atoms with E-state index < -0.39 is 6.09 Å². The second-order valence-electron chi connectivity index (χ2n) is 10.2. The number of carbonyl (C=O) groups excluding carboxylic acids is 3. The molecule has 0 unspecified atom stereocenters. The predicted octanol–water partition coefficient (Wildman–Crippen LogP) is 6.98. The van der Waals surface area contributed by atoms with Gasteiger partial charge in [-0.1, -0.05) is 48.5 Å². The Balaban J connectivity index is 1.35. The number of fused-ring (bicyclic) bond motifs is 1. The van der Waals surface area contributed by atoms with E-state index in [1.54, 1.807) is 65.4 Å². The SMILES string of the molecule is COc1ccc(C(=O)N2c3ccccc3[C@H](N(C(C)=O)c3ccc(NC(=O)OCc4ccccc4)cc3)C[C@@H]2C)cc1. The second-order valence-corrected chi connectivity index (χ2v) is 10.2. The molecule has 0 aliphatic carbocycles. The third kappa shape index (κ3) is 6.12. The zero-order valence-electron chi connectivity index (χ0n) is 23.8. The predicted molar refractivity (Wildman–Crippen MR) is 163 cm³/mol. The molecule has 1 N–H and O–H groups in total. The molecule has 0 saturated carbocycles. The summed E-state index contributed by atoms with van der Waals surface area (Å²) in [6.45, 7) is 3.70. The van der Waals surface area contributed by atoms with E-state index in [-0.39, 0.29) is 30.5 Å². The molecule has 5 rings (SSSR count). The van der Waals surface area contributed by atoms with Crippen molar-refractivity contribution in [1.82, 2.24) is 0 Å². The van der Waals surface area contributed by atoms with Crippen LogP contribution in [0, 0.1) is 0 Å². The topological polar surface area (TPSA) is 88.2 Å². The maximum absolute atomic E-state index is 13.7. The highest BCUT2D eigenvalue weighted by molar-refractivity contribution is 6.07. The number of para-hydroxylation sites is 1. The smallest absolute Gasteiger partial charge is 0.411 e. The van der Waals surface area contributed by atoms with Crippen molar-refractivity contribution in [3.05, 3.63) is 120 Å². The molecule has 2 atom stereocenters. The molecule has 1 heterocycles. The summed E-state index contributed by atoms with van der Waals surface area (Å²) in [5.41, 5.74) is 4.35. The van der Waals surface area contributed by atoms with Gasteiger partial charge in [-0.2, -0.15) is 0 Å². The third-order valence-electron chi connectivity index (χ3n) is 7.37. The molecule has 8 heteroatoms. The summed E-state index contributed by atoms with van der Waals surface area (Å²) in [5, 5.41) is 2.73. The second kappa shape index (κ2) is 12.6. The van der Waals surface area contributed by atoms with Gasteiger partial charge in [0, 0.05) is 35.6 Å². The molecule has 0 aromatic heterocycles. The zero-order valence-corrected chi connectivity index (χ0v) is 23.8. The summed E-state index contributed by atoms with van der Waals surface area (Å²) in [5.74, 6) is 0.445. The first-order chi connectivity index (χ1) is 20.4. The Morgan fingerprint density at radius 2 is 1.55 bits per heavy atom. The van der Waals surface area contributed by atoms with E-state index in [0.29, 0.717) is 29.1 Å². The minimum Gasteiger partial charge on any atom is -0.497 e. The minimum absolute atomic E-state index is 0.111. The summed E-state index contributed by atoms with van der Waals surface area (Å²) in [6.07, 6.45) is -0.0173. The fourth-order valence-electron chi connectivity index (χ4n) is 5.37. The molecule has 4 aromatic rings. The van der Waals surface area contributed by atoms with Gasteiger partial charge in [0.15, 0.2) is 0 Å². The molecular weight excluding hydrogens is 530 g/mol. The van der Waals surface area contributed by atoms with Crippen molar-refractivity contribution in [2.24, 2.45) is 0 Å². The van der Waals surface area contributed by atoms with Crippen LogP contribution in [-0.2, 0) is 16.1 Å². The van der Waals surface area contributed by atoms with Crippen molar-refractivity contribution < 1.29 is 23.9 Å². The number of methoxy groups -OCH3 is 1. The fourth-order valence-corrected chi connectivity index (χ4v) is 5.37. The van der Waals surface area contributed by atoms with Crippen molar-refractivity contribution in [3.8, 4) is 5.75 Å². The Morgan fingerprint density at radius 3 is 2.21 bits per heavy atom. The molecule has 0 saturated heterocycles. The van der Waals surface area contributed by atoms with Crippen LogP contribution in [0.15, 0.2) is 103 Å². The summed E-state index contributed by atoms with van der Waals surface area (Å²) in [6, 6.07) is 30.9. The molecule has 3 amide bonds. The summed E-state index contributed by atoms with van der Waals surface area (Å²) in [7, 11) is 1.59. The number of nitrogens with one attached hydrogen (secondary N) is 1. The van der Waals surface area contributed by atoms with E-state index in [2.05, 4.69) is 5.32 Å². The van der Waals surface area contributed by atoms with Crippen LogP contribution < -0.4 is 19.9 Å². The lowest BCUT2D eigenvalue weighted by Crippen LogP contribution is -2.47. The first kappa shape index (κ1) is 28.4. The molecule has 1 aliphatic rings. The Hall–Kier alpha value is -5.11. The molecule has 214 valence electrons. The standard InChI is InChI=1S/C34H33N3O5/c1-23-21-32(30-11-7-8-12-31(30)36(23)33(39)26-13-19-29(41-3)20-14-26)37(24(2)38)28-17-15-27(16-18-28)35-34(40)42-22-25-9-5-4-6-10-25/h4-20,23,32H,21-22H2,1-3H3,(H,35,40)/t23-,32+/m0/s1. The van der Waals surface area contributed by atoms with Gasteiger partial charge >= 0.3 is 6.09 Å². The van der Waals surface area contributed by atoms with Crippen molar-refractivity contribution in [2.75, 3.05) is 22.2 Å². The highest BCUT2D eigenvalue weighted by Crippen LogP contribution is 2.43. The van der Waals surface area contributed by atoms with E-state index in [4.69, 9.17) is 9.47 Å². The van der Waals surface area contributed by atoms with Crippen LogP contribution in [0.2, 0.25) is 0 Å². The summed E-state index contributed by atoms with van der Waals surface area (Å²) >= 11 is 0. The van der Waals surface area contributed by atoms with Gasteiger partial charge in [0.1, 0.15) is 12.4 Å². The van der Waals surface area contributed by atoms with Crippen molar-refractivity contribution in [3.63, 3.8) is 0 Å². The van der Waals surface area contributed by atoms with Crippen LogP contribution >= 0.6 is 0 Å². The van der Waals surface area contributed by atoms with E-state index in [9.17, 15) is 14.4 Å². The van der Waals surface area contributed by atoms with Gasteiger partial charge in [-0.05, 0) is 79.1 Å². The van der Waals surface area contributed by atoms with E-state index in [1.807, 2.05) is 61.5 Å². The number of carbonyl (C=O) groups is 3. The first-order valence-electron chi connectivity index (χ1n) is 13.8. The lowest BCUT2D eigenvalue weighted by molar-refractivity contribution is -0.117. The maximum atomic E-state index is 13.7. The molecule has 0 fully saturated rings.